The second kappa shape index (κ2) is 6.55. The molecule has 7 heteroatoms. The Balaban J connectivity index is 1.87. The molecule has 0 fully saturated rings. The second-order valence-electron chi connectivity index (χ2n) is 5.95. The van der Waals surface area contributed by atoms with Crippen molar-refractivity contribution in [1.29, 1.82) is 0 Å². The summed E-state index contributed by atoms with van der Waals surface area (Å²) in [5.41, 5.74) is 1.26. The molecule has 0 saturated heterocycles. The molecule has 0 amide bonds. The van der Waals surface area contributed by atoms with Gasteiger partial charge in [0.1, 0.15) is 0 Å². The molecule has 0 saturated carbocycles. The minimum atomic E-state index is -0.872. The Morgan fingerprint density at radius 3 is 2.42 bits per heavy atom. The fourth-order valence-corrected chi connectivity index (χ4v) is 3.49. The lowest BCUT2D eigenvalue weighted by Gasteiger charge is -2.18. The van der Waals surface area contributed by atoms with Crippen molar-refractivity contribution in [1.82, 2.24) is 9.97 Å². The summed E-state index contributed by atoms with van der Waals surface area (Å²) in [7, 11) is 0. The number of ketones is 1. The normalized spacial score (nSPS) is 18.2. The highest BCUT2D eigenvalue weighted by atomic mass is 35.5. The summed E-state index contributed by atoms with van der Waals surface area (Å²) in [4.78, 5) is 31.0. The Morgan fingerprint density at radius 2 is 1.73 bits per heavy atom. The number of fused-ring (bicyclic) bond motifs is 1. The fourth-order valence-electron chi connectivity index (χ4n) is 3.18. The monoisotopic (exact) mass is 384 g/mol. The first kappa shape index (κ1) is 16.8. The molecule has 3 aromatic rings. The molecule has 0 aliphatic carbocycles. The van der Waals surface area contributed by atoms with Crippen LogP contribution in [0.5, 0.6) is 5.88 Å². The van der Waals surface area contributed by atoms with Gasteiger partial charge in [0.2, 0.25) is 11.7 Å². The van der Waals surface area contributed by atoms with E-state index < -0.39 is 12.0 Å². The molecular formula is C19H13ClN2O3S. The van der Waals surface area contributed by atoms with Crippen LogP contribution in [-0.2, 0) is 0 Å². The Labute approximate surface area is 158 Å². The SMILES string of the molecule is O=C(c1ccccc1)[C@H]1Oc2[nH]c(=S)[nH]c(=O)c2[C@H]1c1ccc(Cl)cc1. The number of aromatic amines is 2. The minimum absolute atomic E-state index is 0.149. The molecule has 2 N–H and O–H groups in total. The van der Waals surface area contributed by atoms with Gasteiger partial charge in [-0.05, 0) is 29.9 Å². The van der Waals surface area contributed by atoms with Gasteiger partial charge >= 0.3 is 0 Å². The number of rotatable bonds is 3. The van der Waals surface area contributed by atoms with E-state index in [2.05, 4.69) is 9.97 Å². The molecule has 1 aliphatic rings. The highest BCUT2D eigenvalue weighted by Crippen LogP contribution is 2.40. The van der Waals surface area contributed by atoms with Crippen molar-refractivity contribution in [2.24, 2.45) is 0 Å². The molecule has 1 aliphatic heterocycles. The summed E-state index contributed by atoms with van der Waals surface area (Å²) < 4.78 is 6.01. The Hall–Kier alpha value is -2.70. The van der Waals surface area contributed by atoms with Gasteiger partial charge in [0.15, 0.2) is 10.9 Å². The molecule has 5 nitrogen and oxygen atoms in total. The topological polar surface area (TPSA) is 75.0 Å². The maximum Gasteiger partial charge on any atom is 0.259 e. The molecule has 0 unspecified atom stereocenters. The summed E-state index contributed by atoms with van der Waals surface area (Å²) in [5, 5.41) is 0.570. The molecule has 2 atom stereocenters. The number of hydrogen-bond donors (Lipinski definition) is 2. The maximum absolute atomic E-state index is 13.1. The molecule has 0 spiro atoms. The first-order valence-electron chi connectivity index (χ1n) is 7.92. The van der Waals surface area contributed by atoms with Crippen LogP contribution in [0.15, 0.2) is 59.4 Å². The number of H-pyrrole nitrogens is 2. The van der Waals surface area contributed by atoms with E-state index in [1.165, 1.54) is 0 Å². The number of benzene rings is 2. The lowest BCUT2D eigenvalue weighted by Crippen LogP contribution is -2.31. The number of aromatic nitrogens is 2. The maximum atomic E-state index is 13.1. The summed E-state index contributed by atoms with van der Waals surface area (Å²) in [6, 6.07) is 15.9. The molecule has 2 aromatic carbocycles. The molecule has 26 heavy (non-hydrogen) atoms. The number of ether oxygens (including phenoxy) is 1. The zero-order chi connectivity index (χ0) is 18.3. The Kier molecular flexibility index (Phi) is 4.22. The Bertz CT molecular complexity index is 1090. The number of carbonyl (C=O) groups excluding carboxylic acids is 1. The summed E-state index contributed by atoms with van der Waals surface area (Å²) >= 11 is 11.0. The average molecular weight is 385 g/mol. The highest BCUT2D eigenvalue weighted by molar-refractivity contribution is 7.71. The van der Waals surface area contributed by atoms with Gasteiger partial charge in [-0.3, -0.25) is 14.6 Å². The van der Waals surface area contributed by atoms with Crippen molar-refractivity contribution in [3.8, 4) is 5.88 Å². The van der Waals surface area contributed by atoms with Gasteiger partial charge in [-0.25, -0.2) is 0 Å². The number of halogens is 1. The van der Waals surface area contributed by atoms with Crippen LogP contribution in [0.4, 0.5) is 0 Å². The van der Waals surface area contributed by atoms with Gasteiger partial charge < -0.3 is 9.72 Å². The average Bonchev–Trinajstić information content (AvgIpc) is 3.02. The second-order valence-corrected chi connectivity index (χ2v) is 6.79. The quantitative estimate of drug-likeness (QED) is 0.531. The van der Waals surface area contributed by atoms with Gasteiger partial charge in [0, 0.05) is 10.6 Å². The summed E-state index contributed by atoms with van der Waals surface area (Å²) in [5.74, 6) is -0.543. The largest absolute Gasteiger partial charge is 0.466 e. The third kappa shape index (κ3) is 2.87. The predicted molar refractivity (Wildman–Crippen MR) is 101 cm³/mol. The van der Waals surface area contributed by atoms with E-state index in [9.17, 15) is 9.59 Å². The van der Waals surface area contributed by atoms with E-state index in [1.807, 2.05) is 6.07 Å². The summed E-state index contributed by atoms with van der Waals surface area (Å²) in [6.07, 6.45) is -0.872. The molecule has 1 aromatic heterocycles. The molecule has 130 valence electrons. The van der Waals surface area contributed by atoms with Crippen LogP contribution in [0, 0.1) is 4.77 Å². The van der Waals surface area contributed by atoms with Crippen LogP contribution < -0.4 is 10.3 Å². The molecule has 2 heterocycles. The molecule has 4 rings (SSSR count). The van der Waals surface area contributed by atoms with Crippen molar-refractivity contribution in [3.63, 3.8) is 0 Å². The van der Waals surface area contributed by atoms with Crippen molar-refractivity contribution in [3.05, 3.63) is 91.4 Å². The number of hydrogen-bond acceptors (Lipinski definition) is 4. The third-order valence-corrected chi connectivity index (χ3v) is 4.80. The lowest BCUT2D eigenvalue weighted by atomic mass is 9.86. The van der Waals surface area contributed by atoms with Gasteiger partial charge in [-0.1, -0.05) is 54.1 Å². The van der Waals surface area contributed by atoms with Crippen molar-refractivity contribution >= 4 is 29.6 Å². The van der Waals surface area contributed by atoms with E-state index in [1.54, 1.807) is 48.5 Å². The lowest BCUT2D eigenvalue weighted by molar-refractivity contribution is 0.0801. The van der Waals surface area contributed by atoms with Crippen LogP contribution in [0.1, 0.15) is 27.4 Å². The first-order valence-corrected chi connectivity index (χ1v) is 8.71. The van der Waals surface area contributed by atoms with Crippen molar-refractivity contribution in [2.75, 3.05) is 0 Å². The van der Waals surface area contributed by atoms with Crippen molar-refractivity contribution < 1.29 is 9.53 Å². The van der Waals surface area contributed by atoms with Gasteiger partial charge in [-0.2, -0.15) is 0 Å². The van der Waals surface area contributed by atoms with Gasteiger partial charge in [0.25, 0.3) is 5.56 Å². The zero-order valence-corrected chi connectivity index (χ0v) is 14.9. The van der Waals surface area contributed by atoms with Crippen molar-refractivity contribution in [2.45, 2.75) is 12.0 Å². The van der Waals surface area contributed by atoms with E-state index in [0.717, 1.165) is 5.56 Å². The molecule has 0 radical (unpaired) electrons. The summed E-state index contributed by atoms with van der Waals surface area (Å²) in [6.45, 7) is 0. The smallest absolute Gasteiger partial charge is 0.259 e. The van der Waals surface area contributed by atoms with E-state index in [4.69, 9.17) is 28.6 Å². The van der Waals surface area contributed by atoms with E-state index in [-0.39, 0.29) is 22.0 Å². The van der Waals surface area contributed by atoms with Gasteiger partial charge in [-0.15, -0.1) is 0 Å². The number of carbonyl (C=O) groups is 1. The standard InChI is InChI=1S/C19H13ClN2O3S/c20-12-8-6-10(7-9-12)13-14-17(24)21-19(26)22-18(14)25-16(13)15(23)11-4-2-1-3-5-11/h1-9,13,16H,(H2,21,22,24,26)/t13-,16+/m1/s1. The zero-order valence-electron chi connectivity index (χ0n) is 13.4. The van der Waals surface area contributed by atoms with Crippen LogP contribution >= 0.6 is 23.8 Å². The number of Topliss-reactive ketones (excluding diaryl/α,β-unsaturated/α-hetero) is 1. The molecule has 0 bridgehead atoms. The van der Waals surface area contributed by atoms with Crippen LogP contribution in [-0.4, -0.2) is 21.9 Å². The Morgan fingerprint density at radius 1 is 1.04 bits per heavy atom. The van der Waals surface area contributed by atoms with E-state index >= 15 is 0 Å². The van der Waals surface area contributed by atoms with Gasteiger partial charge in [0.05, 0.1) is 11.5 Å². The molecular weight excluding hydrogens is 372 g/mol. The van der Waals surface area contributed by atoms with Crippen LogP contribution in [0.2, 0.25) is 5.02 Å². The highest BCUT2D eigenvalue weighted by Gasteiger charge is 2.43. The fraction of sp³-hybridized carbons (Fsp3) is 0.105. The van der Waals surface area contributed by atoms with Crippen LogP contribution in [0.25, 0.3) is 0 Å². The predicted octanol–water partition coefficient (Wildman–Crippen LogP) is 3.86. The third-order valence-electron chi connectivity index (χ3n) is 4.35. The minimum Gasteiger partial charge on any atom is -0.466 e. The van der Waals surface area contributed by atoms with E-state index in [0.29, 0.717) is 16.1 Å². The van der Waals surface area contributed by atoms with Crippen LogP contribution in [0.3, 0.4) is 0 Å². The number of nitrogens with one attached hydrogen (secondary N) is 2. The first-order chi connectivity index (χ1) is 12.5.